The molecule has 1 amide bonds. The zero-order valence-electron chi connectivity index (χ0n) is 13.0. The molecule has 1 aromatic rings. The summed E-state index contributed by atoms with van der Waals surface area (Å²) in [5.74, 6) is 0.0643. The summed E-state index contributed by atoms with van der Waals surface area (Å²) in [7, 11) is 0. The molecule has 2 aliphatic heterocycles. The van der Waals surface area contributed by atoms with Crippen molar-refractivity contribution in [1.82, 2.24) is 10.2 Å². The second kappa shape index (κ2) is 6.06. The first-order valence-electron chi connectivity index (χ1n) is 8.05. The van der Waals surface area contributed by atoms with E-state index in [4.69, 9.17) is 0 Å². The van der Waals surface area contributed by atoms with Crippen molar-refractivity contribution in [3.05, 3.63) is 29.3 Å². The van der Waals surface area contributed by atoms with Crippen molar-refractivity contribution in [3.8, 4) is 0 Å². The second-order valence-corrected chi connectivity index (χ2v) is 6.43. The lowest BCUT2D eigenvalue weighted by Gasteiger charge is -2.34. The number of anilines is 1. The molecule has 0 aliphatic carbocycles. The Hall–Kier alpha value is -1.55. The predicted octanol–water partition coefficient (Wildman–Crippen LogP) is 2.26. The molecule has 0 radical (unpaired) electrons. The minimum Gasteiger partial charge on any atom is -0.384 e. The molecule has 0 spiro atoms. The zero-order chi connectivity index (χ0) is 14.8. The fraction of sp³-hybridized carbons (Fsp3) is 0.588. The van der Waals surface area contributed by atoms with Gasteiger partial charge in [0, 0.05) is 43.0 Å². The molecule has 0 unspecified atom stereocenters. The Morgan fingerprint density at radius 3 is 2.81 bits per heavy atom. The number of rotatable bonds is 3. The molecule has 1 saturated heterocycles. The molecule has 3 rings (SSSR count). The van der Waals surface area contributed by atoms with Crippen LogP contribution in [0.3, 0.4) is 0 Å². The minimum atomic E-state index is 0.0643. The van der Waals surface area contributed by atoms with Gasteiger partial charge in [0.25, 0.3) is 5.91 Å². The average molecular weight is 287 g/mol. The van der Waals surface area contributed by atoms with Gasteiger partial charge >= 0.3 is 0 Å². The van der Waals surface area contributed by atoms with E-state index in [-0.39, 0.29) is 5.91 Å². The van der Waals surface area contributed by atoms with Gasteiger partial charge in [-0.3, -0.25) is 4.79 Å². The summed E-state index contributed by atoms with van der Waals surface area (Å²) in [6.07, 6.45) is 3.16. The van der Waals surface area contributed by atoms with Crippen molar-refractivity contribution in [2.24, 2.45) is 0 Å². The summed E-state index contributed by atoms with van der Waals surface area (Å²) in [5.41, 5.74) is 3.21. The first kappa shape index (κ1) is 14.4. The lowest BCUT2D eigenvalue weighted by Crippen LogP contribution is -2.46. The van der Waals surface area contributed by atoms with Crippen molar-refractivity contribution >= 4 is 11.6 Å². The highest BCUT2D eigenvalue weighted by molar-refractivity contribution is 5.95. The summed E-state index contributed by atoms with van der Waals surface area (Å²) in [6, 6.07) is 6.93. The molecule has 1 fully saturated rings. The molecule has 0 aromatic heterocycles. The van der Waals surface area contributed by atoms with Crippen molar-refractivity contribution in [2.45, 2.75) is 45.2 Å². The summed E-state index contributed by atoms with van der Waals surface area (Å²) in [5, 5.41) is 6.52. The number of amides is 1. The fourth-order valence-corrected chi connectivity index (χ4v) is 3.26. The number of nitrogens with zero attached hydrogens (tertiary/aromatic N) is 1. The van der Waals surface area contributed by atoms with E-state index in [9.17, 15) is 4.79 Å². The van der Waals surface area contributed by atoms with Gasteiger partial charge in [-0.1, -0.05) is 6.07 Å². The second-order valence-electron chi connectivity index (χ2n) is 6.43. The maximum Gasteiger partial charge on any atom is 0.251 e. The van der Waals surface area contributed by atoms with Crippen LogP contribution in [0.15, 0.2) is 18.2 Å². The Labute approximate surface area is 126 Å². The number of hydrogen-bond donors (Lipinski definition) is 2. The molecule has 0 saturated carbocycles. The lowest BCUT2D eigenvalue weighted by molar-refractivity contribution is 0.0900. The number of nitrogens with one attached hydrogen (secondary N) is 2. The van der Waals surface area contributed by atoms with Crippen LogP contribution in [0.1, 0.15) is 42.6 Å². The molecule has 1 aromatic carbocycles. The Morgan fingerprint density at radius 1 is 1.33 bits per heavy atom. The third-order valence-corrected chi connectivity index (χ3v) is 4.68. The summed E-state index contributed by atoms with van der Waals surface area (Å²) < 4.78 is 0. The van der Waals surface area contributed by atoms with E-state index in [1.54, 1.807) is 0 Å². The Bertz CT molecular complexity index is 519. The predicted molar refractivity (Wildman–Crippen MR) is 85.8 cm³/mol. The van der Waals surface area contributed by atoms with Crippen molar-refractivity contribution < 1.29 is 4.79 Å². The number of fused-ring (bicyclic) bond motifs is 1. The topological polar surface area (TPSA) is 44.4 Å². The van der Waals surface area contributed by atoms with Crippen LogP contribution in [0.2, 0.25) is 0 Å². The van der Waals surface area contributed by atoms with E-state index in [0.717, 1.165) is 50.1 Å². The molecular formula is C17H25N3O. The van der Waals surface area contributed by atoms with Gasteiger partial charge < -0.3 is 15.5 Å². The van der Waals surface area contributed by atoms with E-state index in [2.05, 4.69) is 35.4 Å². The normalized spacial score (nSPS) is 19.4. The molecular weight excluding hydrogens is 262 g/mol. The molecule has 2 N–H and O–H groups in total. The zero-order valence-corrected chi connectivity index (χ0v) is 13.0. The SMILES string of the molecule is CC(C)N1CCC(NC(=O)c2ccc3c(c2)NCC3)CC1. The number of likely N-dealkylation sites (tertiary alicyclic amines) is 1. The molecule has 114 valence electrons. The molecule has 0 bridgehead atoms. The number of benzene rings is 1. The smallest absolute Gasteiger partial charge is 0.251 e. The van der Waals surface area contributed by atoms with E-state index in [1.807, 2.05) is 12.1 Å². The van der Waals surface area contributed by atoms with Crippen molar-refractivity contribution in [3.63, 3.8) is 0 Å². The molecule has 4 nitrogen and oxygen atoms in total. The largest absolute Gasteiger partial charge is 0.384 e. The highest BCUT2D eigenvalue weighted by atomic mass is 16.1. The number of hydrogen-bond acceptors (Lipinski definition) is 3. The van der Waals surface area contributed by atoms with E-state index in [1.165, 1.54) is 5.56 Å². The van der Waals surface area contributed by atoms with Crippen LogP contribution in [-0.2, 0) is 6.42 Å². The maximum atomic E-state index is 12.4. The van der Waals surface area contributed by atoms with Gasteiger partial charge in [-0.2, -0.15) is 0 Å². The van der Waals surface area contributed by atoms with Crippen LogP contribution in [0.5, 0.6) is 0 Å². The Balaban J connectivity index is 1.57. The average Bonchev–Trinajstić information content (AvgIpc) is 2.95. The van der Waals surface area contributed by atoms with Crippen LogP contribution in [-0.4, -0.2) is 42.5 Å². The standard InChI is InChI=1S/C17H25N3O/c1-12(2)20-9-6-15(7-10-20)19-17(21)14-4-3-13-5-8-18-16(13)11-14/h3-4,11-12,15,18H,5-10H2,1-2H3,(H,19,21). The van der Waals surface area contributed by atoms with Crippen molar-refractivity contribution in [2.75, 3.05) is 25.0 Å². The minimum absolute atomic E-state index is 0.0643. The highest BCUT2D eigenvalue weighted by Gasteiger charge is 2.22. The molecule has 2 heterocycles. The van der Waals surface area contributed by atoms with Crippen molar-refractivity contribution in [1.29, 1.82) is 0 Å². The monoisotopic (exact) mass is 287 g/mol. The maximum absolute atomic E-state index is 12.4. The van der Waals surface area contributed by atoms with Crippen LogP contribution in [0, 0.1) is 0 Å². The van der Waals surface area contributed by atoms with Gasteiger partial charge in [0.15, 0.2) is 0 Å². The van der Waals surface area contributed by atoms with E-state index in [0.29, 0.717) is 12.1 Å². The van der Waals surface area contributed by atoms with E-state index >= 15 is 0 Å². The molecule has 21 heavy (non-hydrogen) atoms. The van der Waals surface area contributed by atoms with Crippen LogP contribution in [0.25, 0.3) is 0 Å². The van der Waals surface area contributed by atoms with Gasteiger partial charge in [-0.25, -0.2) is 0 Å². The van der Waals surface area contributed by atoms with Crippen LogP contribution >= 0.6 is 0 Å². The van der Waals surface area contributed by atoms with Gasteiger partial charge in [0.1, 0.15) is 0 Å². The van der Waals surface area contributed by atoms with Gasteiger partial charge in [0.2, 0.25) is 0 Å². The van der Waals surface area contributed by atoms with Gasteiger partial charge in [-0.05, 0) is 50.8 Å². The van der Waals surface area contributed by atoms with Crippen LogP contribution in [0.4, 0.5) is 5.69 Å². The number of carbonyl (C=O) groups excluding carboxylic acids is 1. The molecule has 0 atom stereocenters. The summed E-state index contributed by atoms with van der Waals surface area (Å²) >= 11 is 0. The lowest BCUT2D eigenvalue weighted by atomic mass is 10.0. The quantitative estimate of drug-likeness (QED) is 0.896. The third kappa shape index (κ3) is 3.21. The first-order valence-corrected chi connectivity index (χ1v) is 8.05. The number of carbonyl (C=O) groups is 1. The molecule has 2 aliphatic rings. The third-order valence-electron chi connectivity index (χ3n) is 4.68. The van der Waals surface area contributed by atoms with Gasteiger partial charge in [0.05, 0.1) is 0 Å². The first-order chi connectivity index (χ1) is 10.1. The Morgan fingerprint density at radius 2 is 2.10 bits per heavy atom. The fourth-order valence-electron chi connectivity index (χ4n) is 3.26. The highest BCUT2D eigenvalue weighted by Crippen LogP contribution is 2.23. The summed E-state index contributed by atoms with van der Waals surface area (Å²) in [4.78, 5) is 14.8. The number of piperidine rings is 1. The van der Waals surface area contributed by atoms with E-state index < -0.39 is 0 Å². The molecule has 4 heteroatoms. The summed E-state index contributed by atoms with van der Waals surface area (Å²) in [6.45, 7) is 7.60. The van der Waals surface area contributed by atoms with Crippen LogP contribution < -0.4 is 10.6 Å². The Kier molecular flexibility index (Phi) is 4.15. The van der Waals surface area contributed by atoms with Gasteiger partial charge in [-0.15, -0.1) is 0 Å².